The highest BCUT2D eigenvalue weighted by Gasteiger charge is 2.20. The molecular weight excluding hydrogens is 486 g/mol. The van der Waals surface area contributed by atoms with E-state index in [-0.39, 0.29) is 11.5 Å². The number of benzene rings is 3. The molecule has 0 saturated carbocycles. The van der Waals surface area contributed by atoms with E-state index in [9.17, 15) is 9.59 Å². The van der Waals surface area contributed by atoms with Crippen molar-refractivity contribution in [2.45, 2.75) is 0 Å². The van der Waals surface area contributed by atoms with Crippen LogP contribution < -0.4 is 19.6 Å². The number of hydrazone groups is 1. The molecule has 0 bridgehead atoms. The van der Waals surface area contributed by atoms with Gasteiger partial charge in [-0.05, 0) is 59.7 Å². The van der Waals surface area contributed by atoms with Crippen LogP contribution in [0, 0.1) is 0 Å². The van der Waals surface area contributed by atoms with Crippen molar-refractivity contribution in [2.75, 3.05) is 14.2 Å². The van der Waals surface area contributed by atoms with Gasteiger partial charge in [-0.3, -0.25) is 4.79 Å². The molecule has 9 heteroatoms. The lowest BCUT2D eigenvalue weighted by Crippen LogP contribution is -2.18. The van der Waals surface area contributed by atoms with E-state index >= 15 is 0 Å². The smallest absolute Gasteiger partial charge is 0.379 e. The molecule has 190 valence electrons. The molecule has 5 rings (SSSR count). The van der Waals surface area contributed by atoms with Gasteiger partial charge in [0, 0.05) is 16.5 Å². The van der Waals surface area contributed by atoms with Crippen LogP contribution >= 0.6 is 0 Å². The molecule has 0 saturated heterocycles. The number of nitrogens with one attached hydrogen (secondary N) is 2. The Kier molecular flexibility index (Phi) is 6.90. The molecule has 0 fully saturated rings. The number of hydrogen-bond donors (Lipinski definition) is 2. The van der Waals surface area contributed by atoms with Gasteiger partial charge < -0.3 is 23.6 Å². The van der Waals surface area contributed by atoms with Gasteiger partial charge >= 0.3 is 5.97 Å². The molecular formula is C29H23N3O6. The summed E-state index contributed by atoms with van der Waals surface area (Å²) in [5, 5.41) is 4.97. The summed E-state index contributed by atoms with van der Waals surface area (Å²) in [5.41, 5.74) is 5.99. The van der Waals surface area contributed by atoms with Gasteiger partial charge in [-0.1, -0.05) is 30.3 Å². The van der Waals surface area contributed by atoms with Crippen LogP contribution in [0.1, 0.15) is 26.6 Å². The highest BCUT2D eigenvalue weighted by Crippen LogP contribution is 2.34. The van der Waals surface area contributed by atoms with Crippen LogP contribution in [0.15, 0.2) is 94.6 Å². The number of aromatic amines is 1. The topological polar surface area (TPSA) is 115 Å². The standard InChI is InChI=1S/C29H23N3O6/c1-35-20-11-12-22-21(16-20)26(19-7-4-3-5-8-19)27(31-22)28(33)32-30-17-18-10-13-23(25(15-18)36-2)38-29(34)24-9-6-14-37-24/h3-17,31H,1-2H3,(H,32,33). The predicted molar refractivity (Wildman–Crippen MR) is 142 cm³/mol. The molecule has 2 N–H and O–H groups in total. The summed E-state index contributed by atoms with van der Waals surface area (Å²) in [4.78, 5) is 28.6. The Morgan fingerprint density at radius 3 is 2.50 bits per heavy atom. The van der Waals surface area contributed by atoms with Gasteiger partial charge in [-0.25, -0.2) is 10.2 Å². The third-order valence-electron chi connectivity index (χ3n) is 5.79. The molecule has 5 aromatic rings. The van der Waals surface area contributed by atoms with Crippen molar-refractivity contribution in [3.8, 4) is 28.4 Å². The predicted octanol–water partition coefficient (Wildman–Crippen LogP) is 5.43. The third kappa shape index (κ3) is 4.98. The molecule has 2 heterocycles. The zero-order valence-electron chi connectivity index (χ0n) is 20.6. The minimum absolute atomic E-state index is 0.0747. The minimum Gasteiger partial charge on any atom is -0.497 e. The number of nitrogens with zero attached hydrogens (tertiary/aromatic N) is 1. The number of hydrogen-bond acceptors (Lipinski definition) is 7. The van der Waals surface area contributed by atoms with E-state index in [4.69, 9.17) is 18.6 Å². The monoisotopic (exact) mass is 509 g/mol. The summed E-state index contributed by atoms with van der Waals surface area (Å²) in [6, 6.07) is 23.2. The van der Waals surface area contributed by atoms with Crippen molar-refractivity contribution in [1.29, 1.82) is 0 Å². The number of amides is 1. The van der Waals surface area contributed by atoms with Crippen molar-refractivity contribution in [3.63, 3.8) is 0 Å². The average Bonchev–Trinajstić information content (AvgIpc) is 3.62. The SMILES string of the molecule is COc1ccc2[nH]c(C(=O)NN=Cc3ccc(OC(=O)c4ccco4)c(OC)c3)c(-c3ccccc3)c2c1. The van der Waals surface area contributed by atoms with Crippen molar-refractivity contribution in [3.05, 3.63) is 102 Å². The van der Waals surface area contributed by atoms with Gasteiger partial charge in [0.25, 0.3) is 5.91 Å². The van der Waals surface area contributed by atoms with Gasteiger partial charge in [0.2, 0.25) is 5.76 Å². The number of aromatic nitrogens is 1. The lowest BCUT2D eigenvalue weighted by molar-refractivity contribution is 0.0696. The first-order valence-electron chi connectivity index (χ1n) is 11.6. The Hall–Kier alpha value is -5.31. The van der Waals surface area contributed by atoms with E-state index in [1.165, 1.54) is 25.7 Å². The average molecular weight is 510 g/mol. The summed E-state index contributed by atoms with van der Waals surface area (Å²) >= 11 is 0. The van der Waals surface area contributed by atoms with Crippen molar-refractivity contribution < 1.29 is 28.2 Å². The van der Waals surface area contributed by atoms with Crippen molar-refractivity contribution >= 4 is 29.0 Å². The highest BCUT2D eigenvalue weighted by atomic mass is 16.6. The number of H-pyrrole nitrogens is 1. The molecule has 0 unspecified atom stereocenters. The molecule has 0 aliphatic rings. The largest absolute Gasteiger partial charge is 0.497 e. The summed E-state index contributed by atoms with van der Waals surface area (Å²) < 4.78 is 21.1. The zero-order valence-corrected chi connectivity index (χ0v) is 20.6. The summed E-state index contributed by atoms with van der Waals surface area (Å²) in [6.07, 6.45) is 2.85. The lowest BCUT2D eigenvalue weighted by Gasteiger charge is -2.09. The number of carbonyl (C=O) groups excluding carboxylic acids is 2. The maximum Gasteiger partial charge on any atom is 0.379 e. The van der Waals surface area contributed by atoms with Gasteiger partial charge in [-0.15, -0.1) is 0 Å². The van der Waals surface area contributed by atoms with Gasteiger partial charge in [0.1, 0.15) is 11.4 Å². The Morgan fingerprint density at radius 1 is 0.921 bits per heavy atom. The third-order valence-corrected chi connectivity index (χ3v) is 5.79. The van der Waals surface area contributed by atoms with Crippen molar-refractivity contribution in [1.82, 2.24) is 10.4 Å². The normalized spacial score (nSPS) is 11.0. The summed E-state index contributed by atoms with van der Waals surface area (Å²) in [7, 11) is 3.06. The molecule has 0 radical (unpaired) electrons. The zero-order chi connectivity index (χ0) is 26.5. The molecule has 0 aliphatic heterocycles. The molecule has 38 heavy (non-hydrogen) atoms. The minimum atomic E-state index is -0.646. The summed E-state index contributed by atoms with van der Waals surface area (Å²) in [5.74, 6) is 0.238. The fraction of sp³-hybridized carbons (Fsp3) is 0.0690. The molecule has 9 nitrogen and oxygen atoms in total. The first-order valence-corrected chi connectivity index (χ1v) is 11.6. The van der Waals surface area contributed by atoms with Crippen LogP contribution in [0.2, 0.25) is 0 Å². The van der Waals surface area contributed by atoms with Gasteiger partial charge in [0.05, 0.1) is 26.7 Å². The highest BCUT2D eigenvalue weighted by molar-refractivity contribution is 6.10. The van der Waals surface area contributed by atoms with E-state index in [1.807, 2.05) is 48.5 Å². The maximum atomic E-state index is 13.2. The molecule has 1 amide bonds. The van der Waals surface area contributed by atoms with Crippen LogP contribution in [-0.2, 0) is 0 Å². The van der Waals surface area contributed by atoms with Crippen LogP contribution in [0.4, 0.5) is 0 Å². The number of carbonyl (C=O) groups is 2. The van der Waals surface area contributed by atoms with Crippen LogP contribution in [0.3, 0.4) is 0 Å². The number of methoxy groups -OCH3 is 2. The fourth-order valence-electron chi connectivity index (χ4n) is 3.99. The first kappa shape index (κ1) is 24.4. The second kappa shape index (κ2) is 10.8. The quantitative estimate of drug-likeness (QED) is 0.125. The molecule has 0 aliphatic carbocycles. The molecule has 0 spiro atoms. The molecule has 0 atom stereocenters. The van der Waals surface area contributed by atoms with Gasteiger partial charge in [0.15, 0.2) is 11.5 Å². The Labute approximate surface area is 217 Å². The Bertz CT molecular complexity index is 1620. The van der Waals surface area contributed by atoms with Crippen molar-refractivity contribution in [2.24, 2.45) is 5.10 Å². The summed E-state index contributed by atoms with van der Waals surface area (Å²) in [6.45, 7) is 0. The second-order valence-corrected chi connectivity index (χ2v) is 8.13. The Balaban J connectivity index is 1.37. The van der Waals surface area contributed by atoms with E-state index in [1.54, 1.807) is 31.4 Å². The Morgan fingerprint density at radius 2 is 1.76 bits per heavy atom. The number of ether oxygens (including phenoxy) is 3. The van der Waals surface area contributed by atoms with E-state index in [0.717, 1.165) is 22.0 Å². The maximum absolute atomic E-state index is 13.2. The number of rotatable bonds is 8. The molecule has 2 aromatic heterocycles. The van der Waals surface area contributed by atoms with Gasteiger partial charge in [-0.2, -0.15) is 5.10 Å². The van der Waals surface area contributed by atoms with Crippen LogP contribution in [-0.4, -0.2) is 37.3 Å². The first-order chi connectivity index (χ1) is 18.6. The van der Waals surface area contributed by atoms with E-state index in [0.29, 0.717) is 22.8 Å². The number of fused-ring (bicyclic) bond motifs is 1. The van der Waals surface area contributed by atoms with E-state index in [2.05, 4.69) is 15.5 Å². The second-order valence-electron chi connectivity index (χ2n) is 8.13. The van der Waals surface area contributed by atoms with Crippen LogP contribution in [0.5, 0.6) is 17.2 Å². The number of furan rings is 1. The fourth-order valence-corrected chi connectivity index (χ4v) is 3.99. The van der Waals surface area contributed by atoms with Crippen LogP contribution in [0.25, 0.3) is 22.0 Å². The lowest BCUT2D eigenvalue weighted by atomic mass is 10.0. The van der Waals surface area contributed by atoms with E-state index < -0.39 is 11.9 Å². The molecule has 3 aromatic carbocycles. The number of esters is 1.